The monoisotopic (exact) mass is 345 g/mol. The van der Waals surface area contributed by atoms with E-state index in [2.05, 4.69) is 24.4 Å². The van der Waals surface area contributed by atoms with E-state index in [4.69, 9.17) is 0 Å². The minimum atomic E-state index is -0.996. The number of carboxylic acid groups (broad SMARTS) is 1. The lowest BCUT2D eigenvalue weighted by Gasteiger charge is -2.14. The highest BCUT2D eigenvalue weighted by Gasteiger charge is 2.19. The van der Waals surface area contributed by atoms with Gasteiger partial charge in [0, 0.05) is 12.8 Å². The van der Waals surface area contributed by atoms with Crippen molar-refractivity contribution in [3.8, 4) is 0 Å². The molecule has 0 fully saturated rings. The van der Waals surface area contributed by atoms with Crippen molar-refractivity contribution in [2.75, 3.05) is 0 Å². The second-order valence-electron chi connectivity index (χ2n) is 6.36. The maximum absolute atomic E-state index is 12.0. The van der Waals surface area contributed by atoms with Gasteiger partial charge in [-0.2, -0.15) is 0 Å². The van der Waals surface area contributed by atoms with Gasteiger partial charge in [-0.25, -0.2) is 4.79 Å². The van der Waals surface area contributed by atoms with Crippen molar-refractivity contribution >= 4 is 11.9 Å². The molecule has 0 heterocycles. The van der Waals surface area contributed by atoms with E-state index in [1.807, 2.05) is 30.3 Å². The summed E-state index contributed by atoms with van der Waals surface area (Å²) in [5.41, 5.74) is 0.904. The Morgan fingerprint density at radius 1 is 1.04 bits per heavy atom. The molecule has 1 atom stereocenters. The van der Waals surface area contributed by atoms with E-state index in [0.717, 1.165) is 24.8 Å². The van der Waals surface area contributed by atoms with Crippen LogP contribution in [0.1, 0.15) is 63.9 Å². The van der Waals surface area contributed by atoms with Crippen LogP contribution >= 0.6 is 0 Å². The summed E-state index contributed by atoms with van der Waals surface area (Å²) in [6.45, 7) is 2.20. The number of allylic oxidation sites excluding steroid dienone is 2. The van der Waals surface area contributed by atoms with Crippen molar-refractivity contribution in [1.29, 1.82) is 0 Å². The van der Waals surface area contributed by atoms with Gasteiger partial charge in [0.2, 0.25) is 5.91 Å². The number of carbonyl (C=O) groups is 2. The van der Waals surface area contributed by atoms with Crippen LogP contribution in [0.25, 0.3) is 0 Å². The fourth-order valence-electron chi connectivity index (χ4n) is 2.62. The molecule has 0 spiro atoms. The van der Waals surface area contributed by atoms with E-state index < -0.39 is 12.0 Å². The molecule has 1 unspecified atom stereocenters. The van der Waals surface area contributed by atoms with Gasteiger partial charge in [0.1, 0.15) is 6.04 Å². The number of hydrogen-bond acceptors (Lipinski definition) is 2. The molecule has 0 aliphatic heterocycles. The van der Waals surface area contributed by atoms with Crippen molar-refractivity contribution in [1.82, 2.24) is 5.32 Å². The summed E-state index contributed by atoms with van der Waals surface area (Å²) in [5, 5.41) is 11.9. The third-order valence-corrected chi connectivity index (χ3v) is 4.08. The van der Waals surface area contributed by atoms with E-state index >= 15 is 0 Å². The Morgan fingerprint density at radius 3 is 2.36 bits per heavy atom. The number of aliphatic carboxylic acids is 1. The number of rotatable bonds is 13. The summed E-state index contributed by atoms with van der Waals surface area (Å²) in [6.07, 6.45) is 12.7. The SMILES string of the molecule is CCCCCC/C=C\CCCC(=O)NC(Cc1ccccc1)C(=O)O. The van der Waals surface area contributed by atoms with Gasteiger partial charge in [0.15, 0.2) is 0 Å². The van der Waals surface area contributed by atoms with Crippen LogP contribution < -0.4 is 5.32 Å². The molecule has 0 saturated heterocycles. The predicted molar refractivity (Wildman–Crippen MR) is 101 cm³/mol. The number of amides is 1. The van der Waals surface area contributed by atoms with Crippen LogP contribution in [0.15, 0.2) is 42.5 Å². The maximum Gasteiger partial charge on any atom is 0.326 e. The highest BCUT2D eigenvalue weighted by atomic mass is 16.4. The first-order valence-electron chi connectivity index (χ1n) is 9.34. The summed E-state index contributed by atoms with van der Waals surface area (Å²) >= 11 is 0. The standard InChI is InChI=1S/C21H31NO3/c1-2-3-4-5-6-7-8-9-13-16-20(23)22-19(21(24)25)17-18-14-11-10-12-15-18/h7-8,10-12,14-15,19H,2-6,9,13,16-17H2,1H3,(H,22,23)(H,24,25)/b8-7-. The average Bonchev–Trinajstić information content (AvgIpc) is 2.60. The molecule has 0 saturated carbocycles. The average molecular weight is 345 g/mol. The van der Waals surface area contributed by atoms with Crippen LogP contribution in [0.3, 0.4) is 0 Å². The lowest BCUT2D eigenvalue weighted by atomic mass is 10.1. The fourth-order valence-corrected chi connectivity index (χ4v) is 2.62. The molecule has 0 radical (unpaired) electrons. The molecule has 4 heteroatoms. The van der Waals surface area contributed by atoms with Crippen molar-refractivity contribution in [3.63, 3.8) is 0 Å². The van der Waals surface area contributed by atoms with E-state index in [-0.39, 0.29) is 5.91 Å². The second-order valence-corrected chi connectivity index (χ2v) is 6.36. The molecule has 2 N–H and O–H groups in total. The lowest BCUT2D eigenvalue weighted by Crippen LogP contribution is -2.42. The van der Waals surface area contributed by atoms with Crippen LogP contribution in [-0.2, 0) is 16.0 Å². The number of hydrogen-bond donors (Lipinski definition) is 2. The Hall–Kier alpha value is -2.10. The normalized spacial score (nSPS) is 12.2. The Bertz CT molecular complexity index is 525. The van der Waals surface area contributed by atoms with E-state index in [1.54, 1.807) is 0 Å². The first kappa shape index (κ1) is 20.9. The first-order valence-corrected chi connectivity index (χ1v) is 9.34. The van der Waals surface area contributed by atoms with Gasteiger partial charge in [-0.3, -0.25) is 4.79 Å². The summed E-state index contributed by atoms with van der Waals surface area (Å²) in [4.78, 5) is 23.3. The van der Waals surface area contributed by atoms with E-state index in [1.165, 1.54) is 25.7 Å². The lowest BCUT2D eigenvalue weighted by molar-refractivity contribution is -0.141. The highest BCUT2D eigenvalue weighted by Crippen LogP contribution is 2.06. The molecule has 1 rings (SSSR count). The van der Waals surface area contributed by atoms with Gasteiger partial charge in [0.25, 0.3) is 0 Å². The number of carboxylic acids is 1. The quantitative estimate of drug-likeness (QED) is 0.409. The molecule has 25 heavy (non-hydrogen) atoms. The number of carbonyl (C=O) groups excluding carboxylic acids is 1. The zero-order chi connectivity index (χ0) is 18.3. The van der Waals surface area contributed by atoms with Crippen molar-refractivity contribution in [2.24, 2.45) is 0 Å². The Labute approximate surface area is 151 Å². The first-order chi connectivity index (χ1) is 12.1. The molecule has 0 aromatic heterocycles. The van der Waals surface area contributed by atoms with Gasteiger partial charge >= 0.3 is 5.97 Å². The van der Waals surface area contributed by atoms with Gasteiger partial charge < -0.3 is 10.4 Å². The van der Waals surface area contributed by atoms with Crippen LogP contribution in [0, 0.1) is 0 Å². The highest BCUT2D eigenvalue weighted by molar-refractivity contribution is 5.83. The molecule has 0 aliphatic rings. The topological polar surface area (TPSA) is 66.4 Å². The minimum Gasteiger partial charge on any atom is -0.480 e. The van der Waals surface area contributed by atoms with Crippen LogP contribution in [0.5, 0.6) is 0 Å². The van der Waals surface area contributed by atoms with Crippen LogP contribution in [0.2, 0.25) is 0 Å². The van der Waals surface area contributed by atoms with E-state index in [0.29, 0.717) is 12.8 Å². The minimum absolute atomic E-state index is 0.195. The smallest absolute Gasteiger partial charge is 0.326 e. The molecular weight excluding hydrogens is 314 g/mol. The molecule has 1 aromatic carbocycles. The predicted octanol–water partition coefficient (Wildman–Crippen LogP) is 4.50. The number of unbranched alkanes of at least 4 members (excludes halogenated alkanes) is 5. The molecule has 0 aliphatic carbocycles. The van der Waals surface area contributed by atoms with E-state index in [9.17, 15) is 14.7 Å². The molecule has 1 amide bonds. The zero-order valence-corrected chi connectivity index (χ0v) is 15.2. The van der Waals surface area contributed by atoms with Crippen molar-refractivity contribution in [3.05, 3.63) is 48.0 Å². The Balaban J connectivity index is 2.22. The second kappa shape index (κ2) is 13.2. The molecular formula is C21H31NO3. The summed E-state index contributed by atoms with van der Waals surface area (Å²) in [5.74, 6) is -1.19. The van der Waals surface area contributed by atoms with Gasteiger partial charge in [-0.05, 0) is 31.2 Å². The maximum atomic E-state index is 12.0. The van der Waals surface area contributed by atoms with Crippen molar-refractivity contribution < 1.29 is 14.7 Å². The molecule has 1 aromatic rings. The number of nitrogens with one attached hydrogen (secondary N) is 1. The number of benzene rings is 1. The van der Waals surface area contributed by atoms with Crippen molar-refractivity contribution in [2.45, 2.75) is 70.8 Å². The Kier molecular flexibility index (Phi) is 11.1. The van der Waals surface area contributed by atoms with Gasteiger partial charge in [-0.15, -0.1) is 0 Å². The van der Waals surface area contributed by atoms with Gasteiger partial charge in [0.05, 0.1) is 0 Å². The molecule has 138 valence electrons. The Morgan fingerprint density at radius 2 is 1.72 bits per heavy atom. The summed E-state index contributed by atoms with van der Waals surface area (Å²) < 4.78 is 0. The largest absolute Gasteiger partial charge is 0.480 e. The molecule has 0 bridgehead atoms. The third-order valence-electron chi connectivity index (χ3n) is 4.08. The van der Waals surface area contributed by atoms with Crippen LogP contribution in [0.4, 0.5) is 0 Å². The summed E-state index contributed by atoms with van der Waals surface area (Å²) in [6, 6.07) is 8.48. The zero-order valence-electron chi connectivity index (χ0n) is 15.2. The summed E-state index contributed by atoms with van der Waals surface area (Å²) in [7, 11) is 0. The molecule has 4 nitrogen and oxygen atoms in total. The van der Waals surface area contributed by atoms with Crippen LogP contribution in [-0.4, -0.2) is 23.0 Å². The van der Waals surface area contributed by atoms with Gasteiger partial charge in [-0.1, -0.05) is 68.7 Å². The fraction of sp³-hybridized carbons (Fsp3) is 0.524. The third kappa shape index (κ3) is 10.4.